The molecule has 4 aromatic rings. The summed E-state index contributed by atoms with van der Waals surface area (Å²) in [5, 5.41) is 7.71. The molecule has 27 heavy (non-hydrogen) atoms. The fourth-order valence-corrected chi connectivity index (χ4v) is 3.65. The summed E-state index contributed by atoms with van der Waals surface area (Å²) in [6.07, 6.45) is 6.28. The van der Waals surface area contributed by atoms with E-state index in [9.17, 15) is 4.79 Å². The smallest absolute Gasteiger partial charge is 0.257 e. The molecule has 0 aliphatic heterocycles. The van der Waals surface area contributed by atoms with Crippen LogP contribution in [-0.4, -0.2) is 20.7 Å². The van der Waals surface area contributed by atoms with Gasteiger partial charge in [0.1, 0.15) is 0 Å². The minimum absolute atomic E-state index is 0.155. The maximum atomic E-state index is 12.6. The molecule has 134 valence electrons. The van der Waals surface area contributed by atoms with Crippen LogP contribution in [0.15, 0.2) is 79.3 Å². The van der Waals surface area contributed by atoms with Gasteiger partial charge >= 0.3 is 0 Å². The standard InChI is InChI=1S/C21H18N4OS/c26-20(18-9-4-8-17(12-18)15-25-11-5-10-23-25)24-21-22-14-19(27-21)13-16-6-2-1-3-7-16/h1-12,14H,13,15H2,(H,22,24,26). The van der Waals surface area contributed by atoms with E-state index in [2.05, 4.69) is 27.5 Å². The maximum absolute atomic E-state index is 12.6. The van der Waals surface area contributed by atoms with Crippen molar-refractivity contribution in [2.24, 2.45) is 0 Å². The zero-order valence-corrected chi connectivity index (χ0v) is 15.4. The summed E-state index contributed by atoms with van der Waals surface area (Å²) in [5.74, 6) is -0.155. The molecular weight excluding hydrogens is 356 g/mol. The summed E-state index contributed by atoms with van der Waals surface area (Å²) in [6.45, 7) is 0.632. The largest absolute Gasteiger partial charge is 0.298 e. The first-order valence-corrected chi connectivity index (χ1v) is 9.44. The number of hydrogen-bond acceptors (Lipinski definition) is 4. The fraction of sp³-hybridized carbons (Fsp3) is 0.0952. The first kappa shape index (κ1) is 17.2. The summed E-state index contributed by atoms with van der Waals surface area (Å²) < 4.78 is 1.83. The molecule has 0 radical (unpaired) electrons. The molecule has 1 amide bonds. The zero-order valence-electron chi connectivity index (χ0n) is 14.6. The van der Waals surface area contributed by atoms with Gasteiger partial charge in [-0.25, -0.2) is 4.98 Å². The van der Waals surface area contributed by atoms with Crippen molar-refractivity contribution < 1.29 is 4.79 Å². The highest BCUT2D eigenvalue weighted by atomic mass is 32.1. The van der Waals surface area contributed by atoms with Crippen LogP contribution >= 0.6 is 11.3 Å². The number of amides is 1. The van der Waals surface area contributed by atoms with Crippen molar-refractivity contribution in [3.05, 3.63) is 101 Å². The Morgan fingerprint density at radius 1 is 1.04 bits per heavy atom. The van der Waals surface area contributed by atoms with Gasteiger partial charge in [-0.1, -0.05) is 42.5 Å². The number of benzene rings is 2. The van der Waals surface area contributed by atoms with Crippen LogP contribution in [0.3, 0.4) is 0 Å². The Hall–Kier alpha value is -3.25. The van der Waals surface area contributed by atoms with Gasteiger partial charge < -0.3 is 0 Å². The fourth-order valence-electron chi connectivity index (χ4n) is 2.81. The van der Waals surface area contributed by atoms with Crippen molar-refractivity contribution in [2.45, 2.75) is 13.0 Å². The Morgan fingerprint density at radius 2 is 1.89 bits per heavy atom. The quantitative estimate of drug-likeness (QED) is 0.549. The monoisotopic (exact) mass is 374 g/mol. The van der Waals surface area contributed by atoms with Gasteiger partial charge in [0.2, 0.25) is 0 Å². The van der Waals surface area contributed by atoms with Gasteiger partial charge in [0.15, 0.2) is 5.13 Å². The number of aromatic nitrogens is 3. The lowest BCUT2D eigenvalue weighted by Gasteiger charge is -2.05. The van der Waals surface area contributed by atoms with Crippen molar-refractivity contribution in [3.8, 4) is 0 Å². The third-order valence-electron chi connectivity index (χ3n) is 4.09. The number of carbonyl (C=O) groups is 1. The summed E-state index contributed by atoms with van der Waals surface area (Å²) in [7, 11) is 0. The van der Waals surface area contributed by atoms with Crippen LogP contribution in [0, 0.1) is 0 Å². The molecule has 0 bridgehead atoms. The number of rotatable bonds is 6. The summed E-state index contributed by atoms with van der Waals surface area (Å²) in [5.41, 5.74) is 2.86. The van der Waals surface area contributed by atoms with Crippen LogP contribution in [-0.2, 0) is 13.0 Å². The summed E-state index contributed by atoms with van der Waals surface area (Å²) >= 11 is 1.50. The molecular formula is C21H18N4OS. The van der Waals surface area contributed by atoms with E-state index in [4.69, 9.17) is 0 Å². The Bertz CT molecular complexity index is 1030. The lowest BCUT2D eigenvalue weighted by atomic mass is 10.1. The second-order valence-corrected chi connectivity index (χ2v) is 7.27. The highest BCUT2D eigenvalue weighted by Crippen LogP contribution is 2.22. The number of carbonyl (C=O) groups excluding carboxylic acids is 1. The van der Waals surface area contributed by atoms with Crippen LogP contribution < -0.4 is 5.32 Å². The van der Waals surface area contributed by atoms with Gasteiger partial charge in [0.05, 0.1) is 6.54 Å². The molecule has 0 unspecified atom stereocenters. The highest BCUT2D eigenvalue weighted by Gasteiger charge is 2.10. The Kier molecular flexibility index (Phi) is 5.07. The first-order chi connectivity index (χ1) is 13.3. The molecule has 0 spiro atoms. The molecule has 0 aliphatic carbocycles. The number of hydrogen-bond donors (Lipinski definition) is 1. The van der Waals surface area contributed by atoms with Crippen molar-refractivity contribution >= 4 is 22.4 Å². The average Bonchev–Trinajstić information content (AvgIpc) is 3.35. The molecule has 0 aliphatic rings. The second kappa shape index (κ2) is 7.97. The molecule has 5 nitrogen and oxygen atoms in total. The third-order valence-corrected chi connectivity index (χ3v) is 5.00. The first-order valence-electron chi connectivity index (χ1n) is 8.62. The Morgan fingerprint density at radius 3 is 2.70 bits per heavy atom. The Balaban J connectivity index is 1.42. The van der Waals surface area contributed by atoms with Gasteiger partial charge in [0.25, 0.3) is 5.91 Å². The lowest BCUT2D eigenvalue weighted by Crippen LogP contribution is -2.12. The summed E-state index contributed by atoms with van der Waals surface area (Å²) in [6, 6.07) is 19.7. The minimum atomic E-state index is -0.155. The van der Waals surface area contributed by atoms with Crippen molar-refractivity contribution in [1.82, 2.24) is 14.8 Å². The molecule has 1 N–H and O–H groups in total. The summed E-state index contributed by atoms with van der Waals surface area (Å²) in [4.78, 5) is 18.0. The van der Waals surface area contributed by atoms with E-state index in [1.54, 1.807) is 12.3 Å². The molecule has 2 heterocycles. The maximum Gasteiger partial charge on any atom is 0.257 e. The minimum Gasteiger partial charge on any atom is -0.298 e. The topological polar surface area (TPSA) is 59.8 Å². The average molecular weight is 374 g/mol. The van der Waals surface area contributed by atoms with Gasteiger partial charge in [-0.15, -0.1) is 11.3 Å². The van der Waals surface area contributed by atoms with E-state index in [0.29, 0.717) is 17.2 Å². The number of anilines is 1. The van der Waals surface area contributed by atoms with Gasteiger partial charge in [-0.2, -0.15) is 5.10 Å². The molecule has 0 fully saturated rings. The molecule has 0 saturated heterocycles. The van der Waals surface area contributed by atoms with Gasteiger partial charge in [0, 0.05) is 35.5 Å². The Labute approximate surface area is 161 Å². The number of nitrogens with zero attached hydrogens (tertiary/aromatic N) is 3. The van der Waals surface area contributed by atoms with Gasteiger partial charge in [-0.05, 0) is 29.3 Å². The lowest BCUT2D eigenvalue weighted by molar-refractivity contribution is 0.102. The van der Waals surface area contributed by atoms with Gasteiger partial charge in [-0.3, -0.25) is 14.8 Å². The van der Waals surface area contributed by atoms with E-state index >= 15 is 0 Å². The number of nitrogens with one attached hydrogen (secondary N) is 1. The van der Waals surface area contributed by atoms with Crippen molar-refractivity contribution in [1.29, 1.82) is 0 Å². The normalized spacial score (nSPS) is 10.7. The van der Waals surface area contributed by atoms with E-state index in [1.165, 1.54) is 16.9 Å². The second-order valence-electron chi connectivity index (χ2n) is 6.15. The third kappa shape index (κ3) is 4.48. The van der Waals surface area contributed by atoms with Crippen LogP contribution in [0.4, 0.5) is 5.13 Å². The molecule has 6 heteroatoms. The molecule has 0 atom stereocenters. The van der Waals surface area contributed by atoms with E-state index in [0.717, 1.165) is 16.9 Å². The van der Waals surface area contributed by atoms with E-state index < -0.39 is 0 Å². The van der Waals surface area contributed by atoms with Crippen LogP contribution in [0.25, 0.3) is 0 Å². The van der Waals surface area contributed by atoms with Crippen molar-refractivity contribution in [3.63, 3.8) is 0 Å². The molecule has 0 saturated carbocycles. The van der Waals surface area contributed by atoms with Crippen LogP contribution in [0.2, 0.25) is 0 Å². The molecule has 4 rings (SSSR count). The van der Waals surface area contributed by atoms with Crippen molar-refractivity contribution in [2.75, 3.05) is 5.32 Å². The zero-order chi connectivity index (χ0) is 18.5. The molecule has 2 aromatic carbocycles. The highest BCUT2D eigenvalue weighted by molar-refractivity contribution is 7.15. The van der Waals surface area contributed by atoms with Crippen LogP contribution in [0.5, 0.6) is 0 Å². The number of thiazole rings is 1. The van der Waals surface area contributed by atoms with E-state index in [1.807, 2.05) is 59.5 Å². The SMILES string of the molecule is O=C(Nc1ncc(Cc2ccccc2)s1)c1cccc(Cn2cccn2)c1. The van der Waals surface area contributed by atoms with E-state index in [-0.39, 0.29) is 5.91 Å². The predicted octanol–water partition coefficient (Wildman–Crippen LogP) is 4.23. The van der Waals surface area contributed by atoms with Crippen LogP contribution in [0.1, 0.15) is 26.4 Å². The predicted molar refractivity (Wildman–Crippen MR) is 107 cm³/mol. The molecule has 2 aromatic heterocycles.